The number of benzene rings is 1. The van der Waals surface area contributed by atoms with Gasteiger partial charge in [0.15, 0.2) is 10.8 Å². The van der Waals surface area contributed by atoms with E-state index in [2.05, 4.69) is 28.2 Å². The number of nitrogens with zero attached hydrogens (tertiary/aromatic N) is 3. The summed E-state index contributed by atoms with van der Waals surface area (Å²) in [4.78, 5) is 40.4. The maximum absolute atomic E-state index is 13.9. The summed E-state index contributed by atoms with van der Waals surface area (Å²) in [6.07, 6.45) is 9.30. The monoisotopic (exact) mass is 615 g/mol. The minimum atomic E-state index is -0.827. The molecule has 7 rings (SSSR count). The van der Waals surface area contributed by atoms with Crippen molar-refractivity contribution < 1.29 is 14.3 Å². The van der Waals surface area contributed by atoms with E-state index in [0.29, 0.717) is 28.3 Å². The molecule has 1 unspecified atom stereocenters. The largest absolute Gasteiger partial charge is 0.393 e. The van der Waals surface area contributed by atoms with Crippen LogP contribution in [-0.4, -0.2) is 56.6 Å². The molecule has 4 heterocycles. The quantitative estimate of drug-likeness (QED) is 0.245. The van der Waals surface area contributed by atoms with Gasteiger partial charge in [0.2, 0.25) is 0 Å². The van der Waals surface area contributed by atoms with Gasteiger partial charge >= 0.3 is 0 Å². The number of aromatic amines is 1. The molecule has 2 fully saturated rings. The zero-order chi connectivity index (χ0) is 30.4. The van der Waals surface area contributed by atoms with Gasteiger partial charge in [-0.3, -0.25) is 9.59 Å². The first-order valence-corrected chi connectivity index (χ1v) is 16.5. The van der Waals surface area contributed by atoms with Crippen molar-refractivity contribution in [1.82, 2.24) is 25.2 Å². The van der Waals surface area contributed by atoms with Crippen LogP contribution in [0.4, 0.5) is 4.39 Å². The van der Waals surface area contributed by atoms with Gasteiger partial charge in [-0.25, -0.2) is 14.4 Å². The zero-order valence-corrected chi connectivity index (χ0v) is 25.8. The lowest BCUT2D eigenvalue weighted by Crippen LogP contribution is -2.38. The second-order valence-corrected chi connectivity index (χ2v) is 14.1. The summed E-state index contributed by atoms with van der Waals surface area (Å²) in [5.41, 5.74) is 5.23. The van der Waals surface area contributed by atoms with Crippen LogP contribution in [0.3, 0.4) is 0 Å². The topological polar surface area (TPSA) is 111 Å². The summed E-state index contributed by atoms with van der Waals surface area (Å²) in [5, 5.41) is 13.6. The van der Waals surface area contributed by atoms with Gasteiger partial charge in [0.1, 0.15) is 10.3 Å². The molecule has 1 saturated carbocycles. The summed E-state index contributed by atoms with van der Waals surface area (Å²) in [5.74, 6) is -0.346. The van der Waals surface area contributed by atoms with Gasteiger partial charge < -0.3 is 20.3 Å². The molecule has 1 aromatic carbocycles. The highest BCUT2D eigenvalue weighted by molar-refractivity contribution is 7.19. The molecule has 10 heteroatoms. The van der Waals surface area contributed by atoms with Crippen molar-refractivity contribution in [3.05, 3.63) is 80.6 Å². The van der Waals surface area contributed by atoms with Gasteiger partial charge in [0, 0.05) is 37.1 Å². The molecule has 2 aliphatic carbocycles. The summed E-state index contributed by atoms with van der Waals surface area (Å²) in [6, 6.07) is 10.7. The molecule has 0 spiro atoms. The Morgan fingerprint density at radius 3 is 2.66 bits per heavy atom. The molecule has 1 amide bonds. The number of aliphatic hydroxyl groups excluding tert-OH is 1. The number of pyridine rings is 2. The van der Waals surface area contributed by atoms with E-state index >= 15 is 0 Å². The molecule has 3 aromatic heterocycles. The average Bonchev–Trinajstić information content (AvgIpc) is 3.65. The number of nitrogens with one attached hydrogen (secondary N) is 2. The number of thiazole rings is 1. The van der Waals surface area contributed by atoms with Gasteiger partial charge in [0.25, 0.3) is 11.5 Å². The number of aromatic nitrogens is 3. The van der Waals surface area contributed by atoms with Crippen LogP contribution in [0.2, 0.25) is 0 Å². The van der Waals surface area contributed by atoms with E-state index in [-0.39, 0.29) is 18.1 Å². The van der Waals surface area contributed by atoms with Crippen LogP contribution in [0.5, 0.6) is 0 Å². The van der Waals surface area contributed by atoms with Gasteiger partial charge in [-0.1, -0.05) is 42.5 Å². The lowest BCUT2D eigenvalue weighted by molar-refractivity contribution is 0.0795. The fourth-order valence-electron chi connectivity index (χ4n) is 6.84. The molecule has 230 valence electrons. The molecule has 4 aromatic rings. The van der Waals surface area contributed by atoms with Crippen molar-refractivity contribution >= 4 is 27.6 Å². The van der Waals surface area contributed by atoms with Crippen LogP contribution in [0.25, 0.3) is 21.5 Å². The lowest BCUT2D eigenvalue weighted by Gasteiger charge is -2.31. The lowest BCUT2D eigenvalue weighted by atomic mass is 9.77. The highest BCUT2D eigenvalue weighted by Gasteiger charge is 2.45. The number of fused-ring (bicyclic) bond motifs is 2. The SMILES string of the molecule is CC1(C2CCc3nc4sc(C(=O)N[C@H](CCN5CCC(O)CC5)c5ccc(-c6c[nH]c(=O)c(F)c6)cc5)nc4cc3C2)CC1. The summed E-state index contributed by atoms with van der Waals surface area (Å²) < 4.78 is 13.9. The average molecular weight is 616 g/mol. The van der Waals surface area contributed by atoms with Crippen LogP contribution >= 0.6 is 11.3 Å². The van der Waals surface area contributed by atoms with Crippen molar-refractivity contribution in [2.45, 2.75) is 70.4 Å². The van der Waals surface area contributed by atoms with E-state index in [9.17, 15) is 19.1 Å². The summed E-state index contributed by atoms with van der Waals surface area (Å²) in [7, 11) is 0. The second kappa shape index (κ2) is 11.8. The van der Waals surface area contributed by atoms with Crippen LogP contribution in [0.1, 0.15) is 78.1 Å². The van der Waals surface area contributed by atoms with Gasteiger partial charge in [-0.15, -0.1) is 0 Å². The Labute approximate surface area is 259 Å². The molecule has 1 aliphatic heterocycles. The van der Waals surface area contributed by atoms with E-state index in [4.69, 9.17) is 9.97 Å². The third kappa shape index (κ3) is 6.07. The zero-order valence-electron chi connectivity index (χ0n) is 24.9. The third-order valence-electron chi connectivity index (χ3n) is 10.1. The molecule has 0 radical (unpaired) electrons. The smallest absolute Gasteiger partial charge is 0.283 e. The van der Waals surface area contributed by atoms with E-state index in [1.165, 1.54) is 48.4 Å². The first-order chi connectivity index (χ1) is 21.2. The standard InChI is InChI=1S/C34H38FN5O3S/c1-34(11-12-34)24-6-7-27-22(16-24)18-29-32(38-27)44-33(39-29)31(43)37-28(10-15-40-13-8-25(41)9-14-40)21-4-2-20(3-5-21)23-17-26(35)30(42)36-19-23/h2-5,17-19,24-25,28,41H,6-16H2,1H3,(H,36,42)(H,37,43)/t24?,28-/m1/s1. The highest BCUT2D eigenvalue weighted by Crippen LogP contribution is 2.55. The molecular weight excluding hydrogens is 577 g/mol. The van der Waals surface area contributed by atoms with E-state index < -0.39 is 11.4 Å². The molecule has 1 saturated heterocycles. The number of aryl methyl sites for hydroxylation is 1. The van der Waals surface area contributed by atoms with Crippen LogP contribution < -0.4 is 10.9 Å². The maximum Gasteiger partial charge on any atom is 0.283 e. The number of piperidine rings is 1. The normalized spacial score (nSPS) is 20.8. The molecular formula is C34H38FN5O3S. The van der Waals surface area contributed by atoms with Crippen molar-refractivity contribution in [3.63, 3.8) is 0 Å². The molecule has 3 aliphatic rings. The first-order valence-electron chi connectivity index (χ1n) is 15.7. The van der Waals surface area contributed by atoms with E-state index in [0.717, 1.165) is 72.5 Å². The molecule has 44 heavy (non-hydrogen) atoms. The Bertz CT molecular complexity index is 1740. The molecule has 8 nitrogen and oxygen atoms in total. The number of halogens is 1. The first kappa shape index (κ1) is 29.3. The van der Waals surface area contributed by atoms with Crippen molar-refractivity contribution in [3.8, 4) is 11.1 Å². The minimum absolute atomic E-state index is 0.222. The second-order valence-electron chi connectivity index (χ2n) is 13.1. The maximum atomic E-state index is 13.9. The molecule has 3 N–H and O–H groups in total. The predicted octanol–water partition coefficient (Wildman–Crippen LogP) is 5.41. The predicted molar refractivity (Wildman–Crippen MR) is 169 cm³/mol. The number of hydrogen-bond donors (Lipinski definition) is 3. The summed E-state index contributed by atoms with van der Waals surface area (Å²) >= 11 is 1.35. The number of carbonyl (C=O) groups excluding carboxylic acids is 1. The Morgan fingerprint density at radius 1 is 1.16 bits per heavy atom. The number of likely N-dealkylation sites (tertiary alicyclic amines) is 1. The Hall–Kier alpha value is -3.47. The molecule has 2 atom stereocenters. The Balaban J connectivity index is 1.11. The fraction of sp³-hybridized carbons (Fsp3) is 0.471. The minimum Gasteiger partial charge on any atom is -0.393 e. The number of carbonyl (C=O) groups is 1. The van der Waals surface area contributed by atoms with Gasteiger partial charge in [-0.2, -0.15) is 0 Å². The van der Waals surface area contributed by atoms with Crippen LogP contribution in [0, 0.1) is 17.2 Å². The van der Waals surface area contributed by atoms with Crippen molar-refractivity contribution in [1.29, 1.82) is 0 Å². The fourth-order valence-corrected chi connectivity index (χ4v) is 7.68. The Morgan fingerprint density at radius 2 is 1.93 bits per heavy atom. The molecule has 0 bridgehead atoms. The van der Waals surface area contributed by atoms with Crippen LogP contribution in [0.15, 0.2) is 47.4 Å². The van der Waals surface area contributed by atoms with E-state index in [1.807, 2.05) is 24.3 Å². The highest BCUT2D eigenvalue weighted by atomic mass is 32.1. The third-order valence-corrected chi connectivity index (χ3v) is 11.0. The van der Waals surface area contributed by atoms with E-state index in [1.54, 1.807) is 0 Å². The number of rotatable bonds is 8. The summed E-state index contributed by atoms with van der Waals surface area (Å²) in [6.45, 7) is 4.83. The Kier molecular flexibility index (Phi) is 7.84. The number of amides is 1. The number of aliphatic hydroxyl groups is 1. The van der Waals surface area contributed by atoms with Crippen molar-refractivity contribution in [2.24, 2.45) is 11.3 Å². The van der Waals surface area contributed by atoms with Gasteiger partial charge in [0.05, 0.1) is 12.1 Å². The van der Waals surface area contributed by atoms with Crippen molar-refractivity contribution in [2.75, 3.05) is 19.6 Å². The van der Waals surface area contributed by atoms with Gasteiger partial charge in [-0.05, 0) is 91.5 Å². The number of hydrogen-bond acceptors (Lipinski definition) is 7. The number of H-pyrrole nitrogens is 1. The van der Waals surface area contributed by atoms with Crippen LogP contribution in [-0.2, 0) is 12.8 Å².